The summed E-state index contributed by atoms with van der Waals surface area (Å²) in [6.07, 6.45) is 7.31. The Morgan fingerprint density at radius 3 is 2.67 bits per heavy atom. The van der Waals surface area contributed by atoms with Crippen molar-refractivity contribution in [2.24, 2.45) is 17.8 Å². The van der Waals surface area contributed by atoms with Gasteiger partial charge in [0.05, 0.1) is 17.9 Å². The zero-order valence-electron chi connectivity index (χ0n) is 22.2. The third kappa shape index (κ3) is 4.45. The second-order valence-electron chi connectivity index (χ2n) is 11.5. The number of hydrogen-bond donors (Lipinski definition) is 2. The Balaban J connectivity index is 1.34. The molecule has 2 N–H and O–H groups in total. The van der Waals surface area contributed by atoms with E-state index in [1.165, 1.54) is 0 Å². The number of carbonyl (C=O) groups excluding carboxylic acids is 3. The van der Waals surface area contributed by atoms with E-state index >= 15 is 0 Å². The average molecular weight is 548 g/mol. The quantitative estimate of drug-likeness (QED) is 0.516. The van der Waals surface area contributed by atoms with Crippen molar-refractivity contribution in [2.45, 2.75) is 69.9 Å². The van der Waals surface area contributed by atoms with E-state index in [-0.39, 0.29) is 30.3 Å². The largest absolute Gasteiger partial charge is 0.359 e. The van der Waals surface area contributed by atoms with Crippen LogP contribution in [0.25, 0.3) is 0 Å². The van der Waals surface area contributed by atoms with Crippen LogP contribution in [0.2, 0.25) is 5.02 Å². The molecule has 3 amide bonds. The number of rotatable bonds is 6. The summed E-state index contributed by atoms with van der Waals surface area (Å²) in [6.45, 7) is 4.27. The number of nitrogens with one attached hydrogen (secondary N) is 2. The molecule has 7 nitrogen and oxygen atoms in total. The highest BCUT2D eigenvalue weighted by Gasteiger charge is 2.72. The van der Waals surface area contributed by atoms with Gasteiger partial charge < -0.3 is 20.3 Å². The van der Waals surface area contributed by atoms with Crippen molar-refractivity contribution in [2.75, 3.05) is 5.32 Å². The molecule has 3 fully saturated rings. The smallest absolute Gasteiger partial charge is 0.246 e. The summed E-state index contributed by atoms with van der Waals surface area (Å²) in [5.41, 5.74) is 1.22. The normalized spacial score (nSPS) is 32.8. The number of aryl methyl sites for hydroxylation is 1. The van der Waals surface area contributed by atoms with E-state index in [1.807, 2.05) is 61.5 Å². The van der Waals surface area contributed by atoms with Gasteiger partial charge in [0.25, 0.3) is 0 Å². The monoisotopic (exact) mass is 547 g/mol. The van der Waals surface area contributed by atoms with Crippen molar-refractivity contribution >= 4 is 35.0 Å². The van der Waals surface area contributed by atoms with Crippen LogP contribution in [0.1, 0.15) is 43.7 Å². The van der Waals surface area contributed by atoms with Gasteiger partial charge in [-0.05, 0) is 55.0 Å². The lowest BCUT2D eigenvalue weighted by Gasteiger charge is -2.36. The van der Waals surface area contributed by atoms with Crippen LogP contribution in [-0.4, -0.2) is 46.4 Å². The minimum atomic E-state index is -1.21. The SMILES string of the molecule is Cc1cccc(NC(=O)C2C3C=CC4(O3)C2C(=O)N(Cc2ccccc2Cl)C4C(=O)NC2CCCCC2C)c1. The molecule has 3 aliphatic heterocycles. The van der Waals surface area contributed by atoms with Crippen LogP contribution in [0, 0.1) is 24.7 Å². The number of hydrogen-bond acceptors (Lipinski definition) is 4. The topological polar surface area (TPSA) is 87.7 Å². The molecule has 7 unspecified atom stereocenters. The molecular weight excluding hydrogens is 514 g/mol. The summed E-state index contributed by atoms with van der Waals surface area (Å²) >= 11 is 6.48. The highest BCUT2D eigenvalue weighted by atomic mass is 35.5. The van der Waals surface area contributed by atoms with Crippen LogP contribution in [0.4, 0.5) is 5.69 Å². The summed E-state index contributed by atoms with van der Waals surface area (Å²) < 4.78 is 6.47. The van der Waals surface area contributed by atoms with Gasteiger partial charge in [-0.25, -0.2) is 0 Å². The summed E-state index contributed by atoms with van der Waals surface area (Å²) in [6, 6.07) is 14.0. The van der Waals surface area contributed by atoms with Crippen LogP contribution in [0.3, 0.4) is 0 Å². The summed E-state index contributed by atoms with van der Waals surface area (Å²) in [5.74, 6) is -1.98. The molecule has 6 rings (SSSR count). The molecule has 2 bridgehead atoms. The number of anilines is 1. The van der Waals surface area contributed by atoms with Gasteiger partial charge in [0.15, 0.2) is 0 Å². The van der Waals surface area contributed by atoms with E-state index in [0.717, 1.165) is 36.8 Å². The second-order valence-corrected chi connectivity index (χ2v) is 11.9. The van der Waals surface area contributed by atoms with Crippen molar-refractivity contribution in [1.29, 1.82) is 0 Å². The zero-order valence-corrected chi connectivity index (χ0v) is 23.0. The average Bonchev–Trinajstić information content (AvgIpc) is 3.54. The first-order chi connectivity index (χ1) is 18.8. The number of ether oxygens (including phenoxy) is 1. The van der Waals surface area contributed by atoms with E-state index in [4.69, 9.17) is 16.3 Å². The standard InChI is InChI=1S/C31H34ClN3O4/c1-18-8-7-11-21(16-18)33-28(36)25-24-14-15-31(39-24)26(25)30(38)35(17-20-10-4-5-12-22(20)32)27(31)29(37)34-23-13-6-3-9-19(23)2/h4-5,7-8,10-12,14-16,19,23-27H,3,6,9,13,17H2,1-2H3,(H,33,36)(H,34,37). The molecule has 0 radical (unpaired) electrons. The van der Waals surface area contributed by atoms with Crippen LogP contribution in [-0.2, 0) is 25.7 Å². The number of benzene rings is 2. The Kier molecular flexibility index (Phi) is 6.76. The lowest BCUT2D eigenvalue weighted by atomic mass is 9.74. The fourth-order valence-electron chi connectivity index (χ4n) is 6.99. The Hall–Kier alpha value is -3.16. The molecule has 1 saturated carbocycles. The minimum Gasteiger partial charge on any atom is -0.359 e. The Labute approximate surface area is 233 Å². The maximum atomic E-state index is 14.2. The molecule has 8 heteroatoms. The first-order valence-corrected chi connectivity index (χ1v) is 14.3. The molecule has 204 valence electrons. The van der Waals surface area contributed by atoms with Gasteiger partial charge >= 0.3 is 0 Å². The van der Waals surface area contributed by atoms with Crippen LogP contribution >= 0.6 is 11.6 Å². The predicted molar refractivity (Wildman–Crippen MR) is 149 cm³/mol. The molecule has 1 aliphatic carbocycles. The number of amides is 3. The molecule has 2 aromatic rings. The van der Waals surface area contributed by atoms with Gasteiger partial charge in [-0.3, -0.25) is 14.4 Å². The Morgan fingerprint density at radius 2 is 1.90 bits per heavy atom. The van der Waals surface area contributed by atoms with Gasteiger partial charge in [-0.15, -0.1) is 0 Å². The van der Waals surface area contributed by atoms with Crippen molar-refractivity contribution in [3.63, 3.8) is 0 Å². The van der Waals surface area contributed by atoms with E-state index < -0.39 is 29.6 Å². The minimum absolute atomic E-state index is 0.0435. The second kappa shape index (κ2) is 10.1. The summed E-state index contributed by atoms with van der Waals surface area (Å²) in [4.78, 5) is 43.5. The lowest BCUT2D eigenvalue weighted by Crippen LogP contribution is -2.57. The third-order valence-electron chi connectivity index (χ3n) is 8.95. The Morgan fingerprint density at radius 1 is 1.10 bits per heavy atom. The molecule has 2 saturated heterocycles. The molecule has 7 atom stereocenters. The van der Waals surface area contributed by atoms with Gasteiger partial charge in [0.1, 0.15) is 11.6 Å². The molecular formula is C31H34ClN3O4. The number of fused-ring (bicyclic) bond motifs is 1. The molecule has 3 heterocycles. The Bertz CT molecular complexity index is 1340. The van der Waals surface area contributed by atoms with Gasteiger partial charge in [-0.2, -0.15) is 0 Å². The lowest BCUT2D eigenvalue weighted by molar-refractivity contribution is -0.142. The van der Waals surface area contributed by atoms with Crippen molar-refractivity contribution < 1.29 is 19.1 Å². The molecule has 0 aromatic heterocycles. The van der Waals surface area contributed by atoms with Crippen LogP contribution in [0.15, 0.2) is 60.7 Å². The van der Waals surface area contributed by atoms with Gasteiger partial charge in [0, 0.05) is 23.3 Å². The van der Waals surface area contributed by atoms with Crippen molar-refractivity contribution in [1.82, 2.24) is 10.2 Å². The maximum Gasteiger partial charge on any atom is 0.246 e. The number of nitrogens with zero attached hydrogens (tertiary/aromatic N) is 1. The maximum absolute atomic E-state index is 14.2. The summed E-state index contributed by atoms with van der Waals surface area (Å²) in [5, 5.41) is 6.77. The fraction of sp³-hybridized carbons (Fsp3) is 0.452. The van der Waals surface area contributed by atoms with Crippen LogP contribution < -0.4 is 10.6 Å². The number of halogens is 1. The molecule has 4 aliphatic rings. The van der Waals surface area contributed by atoms with Gasteiger partial charge in [-0.1, -0.05) is 73.9 Å². The third-order valence-corrected chi connectivity index (χ3v) is 9.32. The molecule has 2 aromatic carbocycles. The van der Waals surface area contributed by atoms with Crippen molar-refractivity contribution in [3.05, 3.63) is 76.8 Å². The van der Waals surface area contributed by atoms with Crippen LogP contribution in [0.5, 0.6) is 0 Å². The fourth-order valence-corrected chi connectivity index (χ4v) is 7.18. The van der Waals surface area contributed by atoms with Crippen molar-refractivity contribution in [3.8, 4) is 0 Å². The first kappa shape index (κ1) is 26.1. The highest BCUT2D eigenvalue weighted by Crippen LogP contribution is 2.55. The van der Waals surface area contributed by atoms with E-state index in [2.05, 4.69) is 17.6 Å². The first-order valence-electron chi connectivity index (χ1n) is 13.9. The predicted octanol–water partition coefficient (Wildman–Crippen LogP) is 4.63. The number of carbonyl (C=O) groups is 3. The van der Waals surface area contributed by atoms with E-state index in [1.54, 1.807) is 11.0 Å². The van der Waals surface area contributed by atoms with E-state index in [9.17, 15) is 14.4 Å². The molecule has 1 spiro atoms. The number of likely N-dealkylation sites (tertiary alicyclic amines) is 1. The van der Waals surface area contributed by atoms with E-state index in [0.29, 0.717) is 16.6 Å². The zero-order chi connectivity index (χ0) is 27.3. The molecule has 39 heavy (non-hydrogen) atoms. The summed E-state index contributed by atoms with van der Waals surface area (Å²) in [7, 11) is 0. The van der Waals surface area contributed by atoms with Gasteiger partial charge in [0.2, 0.25) is 17.7 Å². The highest BCUT2D eigenvalue weighted by molar-refractivity contribution is 6.31.